The number of unbranched alkanes of at least 4 members (excludes halogenated alkanes) is 7. The average molecular weight is 2040 g/mol. The Hall–Kier alpha value is -6.35. The average Bonchev–Trinajstić information content (AvgIpc) is 0.723. The van der Waals surface area contributed by atoms with Gasteiger partial charge in [0, 0.05) is 56.1 Å². The van der Waals surface area contributed by atoms with Crippen molar-refractivity contribution >= 4 is 29.9 Å². The van der Waals surface area contributed by atoms with Crippen LogP contribution in [0.4, 0.5) is 0 Å². The van der Waals surface area contributed by atoms with Crippen molar-refractivity contribution in [1.82, 2.24) is 10.6 Å². The molecule has 16 rings (SSSR count). The predicted octanol–water partition coefficient (Wildman–Crippen LogP) is 21.0. The first kappa shape index (κ1) is 113. The third-order valence-corrected chi connectivity index (χ3v) is 38.2. The molecule has 12 aliphatic rings. The van der Waals surface area contributed by atoms with Crippen LogP contribution in [0.25, 0.3) is 0 Å². The Labute approximate surface area is 876 Å². The summed E-state index contributed by atoms with van der Waals surface area (Å²) in [6.07, 6.45) is 4.83. The Morgan fingerprint density at radius 3 is 1.72 bits per heavy atom. The SMILES string of the molecule is CCC1O[C@@H](OC2[C@H](O[C@H]3CCC4(C)C5CC=C6C7CC(C)(C)CC[C@]7(C(=O)NCCO[C@@H]7OC(COCc8ccccc8)[C@H](NC(=O)CCCCCCCCCCC(=O)OCc8ccccc8)C(C)C7O[C@@H]7OC(C)[C@H](O[C@@H]8OC[C@@H](OCc9ccccc9)C(OCc9ccccc9)C8C)C8OC(C)(C)OC87)[C@@H](OC)C[C@@]6(C)C5(C)CC[C@H]4[C@@]3(C)C=O)OC(C(C)=O)[C@@H](C)[C@@H]2O[C@@H]2OC[C@@H](C)[C@H](C)C2C)C(C)[C@@H](C)[C@H]1C. The number of rotatable bonds is 43. The van der Waals surface area contributed by atoms with E-state index in [2.05, 4.69) is 133 Å². The molecule has 816 valence electrons. The van der Waals surface area contributed by atoms with Crippen LogP contribution in [0.1, 0.15) is 289 Å². The minimum Gasteiger partial charge on any atom is -0.461 e. The Bertz CT molecular complexity index is 4920. The lowest BCUT2D eigenvalue weighted by Gasteiger charge is -2.72. The second-order valence-corrected chi connectivity index (χ2v) is 48.6. The lowest BCUT2D eigenvalue weighted by molar-refractivity contribution is -0.374. The molecule has 4 aromatic rings. The Morgan fingerprint density at radius 2 is 1.07 bits per heavy atom. The third kappa shape index (κ3) is 24.8. The molecule has 17 unspecified atom stereocenters. The van der Waals surface area contributed by atoms with E-state index in [0.29, 0.717) is 76.1 Å². The summed E-state index contributed by atoms with van der Waals surface area (Å²) in [6, 6.07) is 39.3. The molecule has 7 aliphatic heterocycles. The fourth-order valence-electron chi connectivity index (χ4n) is 28.5. The molecule has 4 aromatic carbocycles. The summed E-state index contributed by atoms with van der Waals surface area (Å²) in [5.41, 5.74) is 2.25. The normalized spacial score (nSPS) is 40.6. The van der Waals surface area contributed by atoms with Crippen molar-refractivity contribution in [3.63, 3.8) is 0 Å². The van der Waals surface area contributed by atoms with Crippen molar-refractivity contribution in [3.8, 4) is 0 Å². The maximum absolute atomic E-state index is 16.5. The van der Waals surface area contributed by atoms with E-state index in [-0.39, 0.29) is 127 Å². The van der Waals surface area contributed by atoms with Crippen LogP contribution < -0.4 is 10.6 Å². The quantitative estimate of drug-likeness (QED) is 0.0137. The number of carbonyl (C=O) groups is 5. The molecule has 4 saturated carbocycles. The number of ketones is 1. The van der Waals surface area contributed by atoms with Gasteiger partial charge in [0.1, 0.15) is 61.7 Å². The Kier molecular flexibility index (Phi) is 37.9. The first-order chi connectivity index (χ1) is 70.4. The zero-order chi connectivity index (χ0) is 105. The monoisotopic (exact) mass is 2040 g/mol. The lowest BCUT2D eigenvalue weighted by Crippen LogP contribution is -2.69. The van der Waals surface area contributed by atoms with Gasteiger partial charge >= 0.3 is 5.97 Å². The van der Waals surface area contributed by atoms with Crippen LogP contribution in [0.15, 0.2) is 133 Å². The largest absolute Gasteiger partial charge is 0.461 e. The first-order valence-corrected chi connectivity index (χ1v) is 56.4. The molecular weight excluding hydrogens is 1870 g/mol. The van der Waals surface area contributed by atoms with E-state index in [1.165, 1.54) is 11.9 Å². The number of fused-ring (bicyclic) bond motifs is 8. The second kappa shape index (κ2) is 49.2. The maximum atomic E-state index is 16.5. The fraction of sp³-hybridized carbons (Fsp3) is 0.744. The van der Waals surface area contributed by atoms with Gasteiger partial charge in [-0.05, 0) is 190 Å². The Balaban J connectivity index is 0.632. The molecule has 11 fully saturated rings. The summed E-state index contributed by atoms with van der Waals surface area (Å²) in [5.74, 6) is -1.77. The van der Waals surface area contributed by atoms with Gasteiger partial charge in [-0.15, -0.1) is 0 Å². The summed E-state index contributed by atoms with van der Waals surface area (Å²) in [4.78, 5) is 72.7. The second-order valence-electron chi connectivity index (χ2n) is 48.6. The van der Waals surface area contributed by atoms with Crippen LogP contribution in [-0.2, 0) is 140 Å². The summed E-state index contributed by atoms with van der Waals surface area (Å²) in [7, 11) is 1.80. The van der Waals surface area contributed by atoms with Crippen molar-refractivity contribution in [2.24, 2.45) is 104 Å². The summed E-state index contributed by atoms with van der Waals surface area (Å²) in [5, 5.41) is 6.98. The molecule has 0 bridgehead atoms. The molecule has 147 heavy (non-hydrogen) atoms. The van der Waals surface area contributed by atoms with E-state index >= 15 is 4.79 Å². The molecule has 26 nitrogen and oxygen atoms in total. The van der Waals surface area contributed by atoms with Gasteiger partial charge in [0.05, 0.1) is 99.7 Å². The Morgan fingerprint density at radius 1 is 0.490 bits per heavy atom. The van der Waals surface area contributed by atoms with Gasteiger partial charge in [0.15, 0.2) is 49.3 Å². The van der Waals surface area contributed by atoms with E-state index in [4.69, 9.17) is 90.0 Å². The maximum Gasteiger partial charge on any atom is 0.306 e. The van der Waals surface area contributed by atoms with Crippen LogP contribution in [0.5, 0.6) is 0 Å². The number of esters is 1. The topological polar surface area (TPSA) is 285 Å². The van der Waals surface area contributed by atoms with Gasteiger partial charge in [-0.2, -0.15) is 0 Å². The number of hydrogen-bond donors (Lipinski definition) is 2. The van der Waals surface area contributed by atoms with E-state index in [1.54, 1.807) is 14.0 Å². The molecular formula is C121H178N2O24. The molecule has 2 amide bonds. The molecule has 0 radical (unpaired) electrons. The van der Waals surface area contributed by atoms with Crippen molar-refractivity contribution in [2.45, 2.75) is 428 Å². The van der Waals surface area contributed by atoms with Crippen molar-refractivity contribution < 1.29 is 114 Å². The smallest absolute Gasteiger partial charge is 0.306 e. The fourth-order valence-corrected chi connectivity index (χ4v) is 28.5. The van der Waals surface area contributed by atoms with E-state index < -0.39 is 157 Å². The van der Waals surface area contributed by atoms with E-state index in [1.807, 2.05) is 137 Å². The minimum absolute atomic E-state index is 0.00647. The highest BCUT2D eigenvalue weighted by Crippen LogP contribution is 2.76. The lowest BCUT2D eigenvalue weighted by atomic mass is 9.33. The van der Waals surface area contributed by atoms with E-state index in [0.717, 1.165) is 112 Å². The van der Waals surface area contributed by atoms with Gasteiger partial charge in [-0.1, -0.05) is 282 Å². The highest BCUT2D eigenvalue weighted by atomic mass is 16.8. The van der Waals surface area contributed by atoms with Crippen molar-refractivity contribution in [3.05, 3.63) is 155 Å². The number of hydrogen-bond acceptors (Lipinski definition) is 24. The number of ether oxygens (including phenoxy) is 19. The molecule has 7 heterocycles. The summed E-state index contributed by atoms with van der Waals surface area (Å²) >= 11 is 0. The van der Waals surface area contributed by atoms with Gasteiger partial charge in [0.2, 0.25) is 11.8 Å². The highest BCUT2D eigenvalue weighted by molar-refractivity contribution is 5.85. The van der Waals surface area contributed by atoms with E-state index in [9.17, 15) is 19.2 Å². The summed E-state index contributed by atoms with van der Waals surface area (Å²) < 4.78 is 132. The number of nitrogens with one attached hydrogen (secondary N) is 2. The minimum atomic E-state index is -1.12. The molecule has 38 atom stereocenters. The number of aldehydes is 1. The van der Waals surface area contributed by atoms with Gasteiger partial charge in [0.25, 0.3) is 0 Å². The van der Waals surface area contributed by atoms with Crippen LogP contribution >= 0.6 is 0 Å². The number of allylic oxidation sites excluding steroid dienone is 2. The predicted molar refractivity (Wildman–Crippen MR) is 556 cm³/mol. The highest BCUT2D eigenvalue weighted by Gasteiger charge is 2.73. The van der Waals surface area contributed by atoms with Gasteiger partial charge < -0.3 is 105 Å². The number of carbonyl (C=O) groups excluding carboxylic acids is 5. The zero-order valence-corrected chi connectivity index (χ0v) is 92.1. The number of amides is 2. The molecule has 5 aliphatic carbocycles. The van der Waals surface area contributed by atoms with Crippen LogP contribution in [-0.4, -0.2) is 205 Å². The molecule has 2 N–H and O–H groups in total. The first-order valence-electron chi connectivity index (χ1n) is 56.4. The summed E-state index contributed by atoms with van der Waals surface area (Å²) in [6.45, 7) is 45.5. The van der Waals surface area contributed by atoms with Gasteiger partial charge in [-0.3, -0.25) is 19.2 Å². The van der Waals surface area contributed by atoms with Crippen LogP contribution in [0.3, 0.4) is 0 Å². The number of Topliss-reactive ketones (excluding diaryl/α,β-unsaturated/α-hetero) is 1. The number of methoxy groups -OCH3 is 1. The van der Waals surface area contributed by atoms with Crippen molar-refractivity contribution in [1.29, 1.82) is 0 Å². The standard InChI is InChI=1S/C121H178N2O24/c1-22-90-76(5)75(4)78(7)110(138-90)145-106-102(142-108-77(6)74(3)73(2)65-135-108)80(9)100(82(11)125)141-112(106)140-95-56-57-117(17)93(118(95,18)72-124)55-58-119(19)94(117)54-53-88-89-63-115(13,14)59-60-121(89,96(129-21)64-120(88,119)20)114(128)122-61-62-131-111-103(79(8)99(91(139-111)70-130-66-84-43-33-29-34-44-84)123-97(126)51-41-27-25-23-24-26-28-42-52-98(127)133-68-86-47-37-31-38-48-86)143-113-107-105(146-116(15,16)147-107)104(83(12)137-113)144-109-81(10)101(134-69-87-49-39-32-40-50-87)92(71-136-109)132-67-85-45-35-30-36-46-85/h29-40,43-50,53,72-81,83,89-96,99-113H,22-28,41-42,51-52,54-71H2,1-21H3,(H,122,128)(H,123,126)/t73-,74+,75+,76-,77?,78?,79?,80-,81?,83?,89?,90?,91?,92-,93-,94?,95+,96+,99-,100?,101?,102+,103?,104+,105?,106?,107?,108+,109+,110+,111-,112-,113+,117?,118-,119?,120-,121-/m1/s1. The molecule has 0 aromatic heterocycles. The zero-order valence-electron chi connectivity index (χ0n) is 92.1. The molecule has 0 spiro atoms. The van der Waals surface area contributed by atoms with Crippen molar-refractivity contribution in [2.75, 3.05) is 40.1 Å². The van der Waals surface area contributed by atoms with Crippen LogP contribution in [0, 0.1) is 104 Å². The third-order valence-electron chi connectivity index (χ3n) is 38.2. The van der Waals surface area contributed by atoms with Gasteiger partial charge in [-0.25, -0.2) is 0 Å². The molecule has 7 saturated heterocycles. The number of benzene rings is 4. The molecule has 26 heteroatoms. The van der Waals surface area contributed by atoms with Crippen LogP contribution in [0.2, 0.25) is 0 Å².